The third-order valence-electron chi connectivity index (χ3n) is 3.62. The number of nitrogens with zero attached hydrogens (tertiary/aromatic N) is 1. The van der Waals surface area contributed by atoms with Gasteiger partial charge in [-0.25, -0.2) is 13.1 Å². The standard InChI is InChI=1S/C14H23N3O2S/c1-17-10-8-13(11-17)16-20(18,19)14-6-4-12(5-7-14)3-2-9-15/h4-7,13,16H,2-3,8-11,15H2,1H3. The molecule has 1 aliphatic rings. The van der Waals surface area contributed by atoms with Crippen molar-refractivity contribution < 1.29 is 8.42 Å². The number of benzene rings is 1. The molecule has 20 heavy (non-hydrogen) atoms. The van der Waals surface area contributed by atoms with E-state index in [1.807, 2.05) is 19.2 Å². The minimum absolute atomic E-state index is 0.0157. The molecule has 0 aromatic heterocycles. The van der Waals surface area contributed by atoms with Gasteiger partial charge in [0, 0.05) is 12.6 Å². The quantitative estimate of drug-likeness (QED) is 0.804. The van der Waals surface area contributed by atoms with E-state index < -0.39 is 10.0 Å². The Morgan fingerprint density at radius 2 is 2.05 bits per heavy atom. The minimum atomic E-state index is -3.41. The number of sulfonamides is 1. The number of rotatable bonds is 6. The summed E-state index contributed by atoms with van der Waals surface area (Å²) in [5.41, 5.74) is 6.59. The van der Waals surface area contributed by atoms with Crippen molar-refractivity contribution in [3.05, 3.63) is 29.8 Å². The van der Waals surface area contributed by atoms with Crippen LogP contribution in [0.4, 0.5) is 0 Å². The molecule has 1 aromatic carbocycles. The number of likely N-dealkylation sites (tertiary alicyclic amines) is 1. The highest BCUT2D eigenvalue weighted by Gasteiger charge is 2.25. The summed E-state index contributed by atoms with van der Waals surface area (Å²) in [4.78, 5) is 2.46. The van der Waals surface area contributed by atoms with Crippen molar-refractivity contribution in [3.8, 4) is 0 Å². The molecule has 112 valence electrons. The molecule has 1 saturated heterocycles. The molecule has 0 bridgehead atoms. The second kappa shape index (κ2) is 6.67. The summed E-state index contributed by atoms with van der Waals surface area (Å²) >= 11 is 0. The molecule has 1 atom stereocenters. The van der Waals surface area contributed by atoms with Crippen LogP contribution < -0.4 is 10.5 Å². The number of hydrogen-bond donors (Lipinski definition) is 2. The smallest absolute Gasteiger partial charge is 0.240 e. The van der Waals surface area contributed by atoms with Gasteiger partial charge in [-0.1, -0.05) is 12.1 Å². The maximum Gasteiger partial charge on any atom is 0.240 e. The molecular formula is C14H23N3O2S. The number of likely N-dealkylation sites (N-methyl/N-ethyl adjacent to an activating group) is 1. The topological polar surface area (TPSA) is 75.4 Å². The highest BCUT2D eigenvalue weighted by atomic mass is 32.2. The fraction of sp³-hybridized carbons (Fsp3) is 0.571. The summed E-state index contributed by atoms with van der Waals surface area (Å²) < 4.78 is 27.3. The lowest BCUT2D eigenvalue weighted by Gasteiger charge is -2.13. The van der Waals surface area contributed by atoms with Crippen molar-refractivity contribution in [2.75, 3.05) is 26.7 Å². The van der Waals surface area contributed by atoms with E-state index in [1.165, 1.54) is 0 Å². The Hall–Kier alpha value is -0.950. The van der Waals surface area contributed by atoms with Gasteiger partial charge >= 0.3 is 0 Å². The summed E-state index contributed by atoms with van der Waals surface area (Å²) in [5, 5.41) is 0. The van der Waals surface area contributed by atoms with Gasteiger partial charge in [-0.3, -0.25) is 0 Å². The van der Waals surface area contributed by atoms with E-state index in [-0.39, 0.29) is 6.04 Å². The Bertz CT molecular complexity index is 528. The highest BCUT2D eigenvalue weighted by molar-refractivity contribution is 7.89. The van der Waals surface area contributed by atoms with Gasteiger partial charge < -0.3 is 10.6 Å². The molecule has 1 fully saturated rings. The molecule has 0 spiro atoms. The molecule has 1 unspecified atom stereocenters. The molecule has 0 radical (unpaired) electrons. The van der Waals surface area contributed by atoms with Crippen LogP contribution in [0.2, 0.25) is 0 Å². The second-order valence-electron chi connectivity index (χ2n) is 5.41. The summed E-state index contributed by atoms with van der Waals surface area (Å²) in [7, 11) is -1.41. The third kappa shape index (κ3) is 4.02. The number of nitrogens with one attached hydrogen (secondary N) is 1. The predicted octanol–water partition coefficient (Wildman–Crippen LogP) is 0.560. The molecule has 3 N–H and O–H groups in total. The van der Waals surface area contributed by atoms with E-state index >= 15 is 0 Å². The first-order chi connectivity index (χ1) is 9.51. The summed E-state index contributed by atoms with van der Waals surface area (Å²) in [6.07, 6.45) is 2.67. The molecular weight excluding hydrogens is 274 g/mol. The molecule has 1 aromatic rings. The van der Waals surface area contributed by atoms with Crippen LogP contribution in [-0.4, -0.2) is 46.0 Å². The average molecular weight is 297 g/mol. The van der Waals surface area contributed by atoms with Crippen LogP contribution in [0.15, 0.2) is 29.2 Å². The zero-order valence-corrected chi connectivity index (χ0v) is 12.7. The fourth-order valence-corrected chi connectivity index (χ4v) is 3.72. The first kappa shape index (κ1) is 15.4. The summed E-state index contributed by atoms with van der Waals surface area (Å²) in [5.74, 6) is 0. The van der Waals surface area contributed by atoms with Crippen molar-refractivity contribution in [2.24, 2.45) is 5.73 Å². The molecule has 1 heterocycles. The Morgan fingerprint density at radius 3 is 2.60 bits per heavy atom. The van der Waals surface area contributed by atoms with Crippen LogP contribution in [0.5, 0.6) is 0 Å². The number of hydrogen-bond acceptors (Lipinski definition) is 4. The van der Waals surface area contributed by atoms with E-state index in [2.05, 4.69) is 9.62 Å². The third-order valence-corrected chi connectivity index (χ3v) is 5.15. The molecule has 1 aliphatic heterocycles. The zero-order chi connectivity index (χ0) is 14.6. The van der Waals surface area contributed by atoms with Gasteiger partial charge in [0.2, 0.25) is 10.0 Å². The van der Waals surface area contributed by atoms with E-state index in [0.29, 0.717) is 11.4 Å². The SMILES string of the molecule is CN1CCC(NS(=O)(=O)c2ccc(CCCN)cc2)C1. The minimum Gasteiger partial charge on any atom is -0.330 e. The maximum atomic E-state index is 12.3. The Balaban J connectivity index is 2.01. The van der Waals surface area contributed by atoms with Crippen molar-refractivity contribution >= 4 is 10.0 Å². The zero-order valence-electron chi connectivity index (χ0n) is 11.9. The van der Waals surface area contributed by atoms with Gasteiger partial charge in [0.05, 0.1) is 4.90 Å². The first-order valence-electron chi connectivity index (χ1n) is 7.01. The number of nitrogens with two attached hydrogens (primary N) is 1. The molecule has 6 heteroatoms. The average Bonchev–Trinajstić information content (AvgIpc) is 2.81. The van der Waals surface area contributed by atoms with Gasteiger partial charge in [0.25, 0.3) is 0 Å². The molecule has 5 nitrogen and oxygen atoms in total. The fourth-order valence-electron chi connectivity index (χ4n) is 2.46. The summed E-state index contributed by atoms with van der Waals surface area (Å²) in [6, 6.07) is 7.09. The Kier molecular flexibility index (Phi) is 5.15. The lowest BCUT2D eigenvalue weighted by molar-refractivity contribution is 0.407. The Labute approximate surface area is 121 Å². The van der Waals surface area contributed by atoms with Crippen molar-refractivity contribution in [1.82, 2.24) is 9.62 Å². The van der Waals surface area contributed by atoms with Crippen molar-refractivity contribution in [2.45, 2.75) is 30.2 Å². The second-order valence-corrected chi connectivity index (χ2v) is 7.12. The lowest BCUT2D eigenvalue weighted by Crippen LogP contribution is -2.36. The highest BCUT2D eigenvalue weighted by Crippen LogP contribution is 2.15. The van der Waals surface area contributed by atoms with Gasteiger partial charge in [-0.15, -0.1) is 0 Å². The van der Waals surface area contributed by atoms with Crippen molar-refractivity contribution in [3.63, 3.8) is 0 Å². The van der Waals surface area contributed by atoms with Gasteiger partial charge in [0.1, 0.15) is 0 Å². The van der Waals surface area contributed by atoms with Crippen LogP contribution in [-0.2, 0) is 16.4 Å². The van der Waals surface area contributed by atoms with Crippen LogP contribution >= 0.6 is 0 Å². The van der Waals surface area contributed by atoms with Crippen molar-refractivity contribution in [1.29, 1.82) is 0 Å². The van der Waals surface area contributed by atoms with E-state index in [1.54, 1.807) is 12.1 Å². The maximum absolute atomic E-state index is 12.3. The lowest BCUT2D eigenvalue weighted by atomic mass is 10.1. The van der Waals surface area contributed by atoms with E-state index in [4.69, 9.17) is 5.73 Å². The van der Waals surface area contributed by atoms with E-state index in [9.17, 15) is 8.42 Å². The largest absolute Gasteiger partial charge is 0.330 e. The predicted molar refractivity (Wildman–Crippen MR) is 80.0 cm³/mol. The molecule has 2 rings (SSSR count). The normalized spacial score (nSPS) is 20.4. The van der Waals surface area contributed by atoms with Crippen LogP contribution in [0, 0.1) is 0 Å². The number of aryl methyl sites for hydroxylation is 1. The van der Waals surface area contributed by atoms with Crippen LogP contribution in [0.25, 0.3) is 0 Å². The molecule has 0 aliphatic carbocycles. The van der Waals surface area contributed by atoms with Gasteiger partial charge in [-0.05, 0) is 57.1 Å². The van der Waals surface area contributed by atoms with E-state index in [0.717, 1.165) is 37.9 Å². The first-order valence-corrected chi connectivity index (χ1v) is 8.49. The Morgan fingerprint density at radius 1 is 1.35 bits per heavy atom. The monoisotopic (exact) mass is 297 g/mol. The van der Waals surface area contributed by atoms with Gasteiger partial charge in [-0.2, -0.15) is 0 Å². The van der Waals surface area contributed by atoms with Gasteiger partial charge in [0.15, 0.2) is 0 Å². The molecule has 0 saturated carbocycles. The van der Waals surface area contributed by atoms with Crippen LogP contribution in [0.3, 0.4) is 0 Å². The van der Waals surface area contributed by atoms with Crippen LogP contribution in [0.1, 0.15) is 18.4 Å². The molecule has 0 amide bonds. The summed E-state index contributed by atoms with van der Waals surface area (Å²) in [6.45, 7) is 2.36.